The van der Waals surface area contributed by atoms with Gasteiger partial charge in [-0.1, -0.05) is 20.8 Å². The molecule has 78 valence electrons. The third-order valence-corrected chi connectivity index (χ3v) is 3.07. The summed E-state index contributed by atoms with van der Waals surface area (Å²) < 4.78 is 0. The predicted octanol–water partition coefficient (Wildman–Crippen LogP) is 1.70. The fourth-order valence-corrected chi connectivity index (χ4v) is 2.41. The molecule has 0 aromatic rings. The van der Waals surface area contributed by atoms with Crippen LogP contribution in [0.2, 0.25) is 0 Å². The first-order valence-corrected chi connectivity index (χ1v) is 5.59. The molecule has 2 nitrogen and oxygen atoms in total. The van der Waals surface area contributed by atoms with E-state index in [9.17, 15) is 0 Å². The Balaban J connectivity index is 2.49. The van der Waals surface area contributed by atoms with Crippen LogP contribution < -0.4 is 5.73 Å². The molecule has 0 saturated carbocycles. The van der Waals surface area contributed by atoms with E-state index in [1.54, 1.807) is 0 Å². The van der Waals surface area contributed by atoms with Gasteiger partial charge in [0.1, 0.15) is 0 Å². The Morgan fingerprint density at radius 3 is 2.69 bits per heavy atom. The molecule has 2 atom stereocenters. The van der Waals surface area contributed by atoms with Gasteiger partial charge in [0.15, 0.2) is 0 Å². The van der Waals surface area contributed by atoms with Gasteiger partial charge in [-0.15, -0.1) is 0 Å². The van der Waals surface area contributed by atoms with Gasteiger partial charge in [-0.2, -0.15) is 0 Å². The smallest absolute Gasteiger partial charge is 0.0244 e. The third-order valence-electron chi connectivity index (χ3n) is 3.07. The van der Waals surface area contributed by atoms with Crippen LogP contribution in [0.15, 0.2) is 0 Å². The first-order valence-electron chi connectivity index (χ1n) is 5.59. The Bertz CT molecular complexity index is 145. The van der Waals surface area contributed by atoms with E-state index in [-0.39, 0.29) is 0 Å². The number of rotatable bonds is 3. The minimum atomic E-state index is 0.635. The molecule has 0 bridgehead atoms. The van der Waals surface area contributed by atoms with Crippen LogP contribution in [0.5, 0.6) is 0 Å². The van der Waals surface area contributed by atoms with Gasteiger partial charge >= 0.3 is 0 Å². The van der Waals surface area contributed by atoms with E-state index in [0.717, 1.165) is 18.4 Å². The van der Waals surface area contributed by atoms with Crippen LogP contribution >= 0.6 is 0 Å². The molecule has 0 radical (unpaired) electrons. The van der Waals surface area contributed by atoms with Gasteiger partial charge in [-0.05, 0) is 31.2 Å². The topological polar surface area (TPSA) is 29.3 Å². The summed E-state index contributed by atoms with van der Waals surface area (Å²) in [5.41, 5.74) is 5.82. The lowest BCUT2D eigenvalue weighted by Gasteiger charge is -2.40. The molecule has 2 unspecified atom stereocenters. The van der Waals surface area contributed by atoms with Crippen molar-refractivity contribution in [2.24, 2.45) is 17.6 Å². The lowest BCUT2D eigenvalue weighted by molar-refractivity contribution is 0.0940. The van der Waals surface area contributed by atoms with Crippen molar-refractivity contribution in [3.05, 3.63) is 0 Å². The molecule has 0 aromatic carbocycles. The van der Waals surface area contributed by atoms with Gasteiger partial charge in [-0.25, -0.2) is 0 Å². The van der Waals surface area contributed by atoms with Crippen LogP contribution in [0.3, 0.4) is 0 Å². The fourth-order valence-electron chi connectivity index (χ4n) is 2.41. The second-order valence-electron chi connectivity index (χ2n) is 4.81. The number of hydrogen-bond acceptors (Lipinski definition) is 2. The highest BCUT2D eigenvalue weighted by Crippen LogP contribution is 2.23. The number of piperidine rings is 1. The second kappa shape index (κ2) is 4.97. The number of likely N-dealkylation sites (tertiary alicyclic amines) is 1. The summed E-state index contributed by atoms with van der Waals surface area (Å²) in [5, 5.41) is 0. The Hall–Kier alpha value is -0.0800. The zero-order valence-electron chi connectivity index (χ0n) is 9.29. The second-order valence-corrected chi connectivity index (χ2v) is 4.81. The summed E-state index contributed by atoms with van der Waals surface area (Å²) in [7, 11) is 0. The lowest BCUT2D eigenvalue weighted by Crippen LogP contribution is -2.49. The highest BCUT2D eigenvalue weighted by molar-refractivity contribution is 4.82. The standard InChI is InChI=1S/C11H24N2/c1-9(2)8-13-6-4-5-10(3)11(13)7-12/h9-11H,4-8,12H2,1-3H3. The molecule has 2 N–H and O–H groups in total. The largest absolute Gasteiger partial charge is 0.329 e. The minimum Gasteiger partial charge on any atom is -0.329 e. The van der Waals surface area contributed by atoms with Gasteiger partial charge < -0.3 is 5.73 Å². The molecular weight excluding hydrogens is 160 g/mol. The molecule has 1 rings (SSSR count). The molecule has 0 aliphatic carbocycles. The number of hydrogen-bond donors (Lipinski definition) is 1. The Kier molecular flexibility index (Phi) is 4.20. The summed E-state index contributed by atoms with van der Waals surface area (Å²) in [6.07, 6.45) is 2.71. The normalized spacial score (nSPS) is 31.2. The van der Waals surface area contributed by atoms with Gasteiger partial charge in [0, 0.05) is 19.1 Å². The summed E-state index contributed by atoms with van der Waals surface area (Å²) in [4.78, 5) is 2.58. The van der Waals surface area contributed by atoms with Gasteiger partial charge in [-0.3, -0.25) is 4.90 Å². The van der Waals surface area contributed by atoms with Gasteiger partial charge in [0.05, 0.1) is 0 Å². The zero-order chi connectivity index (χ0) is 9.84. The van der Waals surface area contributed by atoms with E-state index in [0.29, 0.717) is 6.04 Å². The SMILES string of the molecule is CC(C)CN1CCCC(C)C1CN. The van der Waals surface area contributed by atoms with E-state index in [1.165, 1.54) is 25.9 Å². The molecule has 0 spiro atoms. The molecule has 1 heterocycles. The van der Waals surface area contributed by atoms with E-state index in [2.05, 4.69) is 25.7 Å². The van der Waals surface area contributed by atoms with Gasteiger partial charge in [0.25, 0.3) is 0 Å². The van der Waals surface area contributed by atoms with E-state index in [4.69, 9.17) is 5.73 Å². The van der Waals surface area contributed by atoms with Crippen LogP contribution in [0.25, 0.3) is 0 Å². The monoisotopic (exact) mass is 184 g/mol. The number of nitrogens with two attached hydrogens (primary N) is 1. The van der Waals surface area contributed by atoms with Crippen molar-refractivity contribution >= 4 is 0 Å². The minimum absolute atomic E-state index is 0.635. The van der Waals surface area contributed by atoms with Crippen molar-refractivity contribution in [3.63, 3.8) is 0 Å². The maximum atomic E-state index is 5.82. The van der Waals surface area contributed by atoms with Crippen molar-refractivity contribution < 1.29 is 0 Å². The predicted molar refractivity (Wildman–Crippen MR) is 57.7 cm³/mol. The summed E-state index contributed by atoms with van der Waals surface area (Å²) >= 11 is 0. The zero-order valence-corrected chi connectivity index (χ0v) is 9.29. The van der Waals surface area contributed by atoms with Gasteiger partial charge in [0.2, 0.25) is 0 Å². The van der Waals surface area contributed by atoms with Crippen molar-refractivity contribution in [2.45, 2.75) is 39.7 Å². The highest BCUT2D eigenvalue weighted by Gasteiger charge is 2.27. The third kappa shape index (κ3) is 2.96. The van der Waals surface area contributed by atoms with Crippen molar-refractivity contribution in [2.75, 3.05) is 19.6 Å². The molecular formula is C11H24N2. The van der Waals surface area contributed by atoms with Crippen LogP contribution in [0.4, 0.5) is 0 Å². The van der Waals surface area contributed by atoms with Crippen LogP contribution in [0, 0.1) is 11.8 Å². The summed E-state index contributed by atoms with van der Waals surface area (Å²) in [5.74, 6) is 1.55. The molecule has 0 aromatic heterocycles. The van der Waals surface area contributed by atoms with Crippen molar-refractivity contribution in [1.82, 2.24) is 4.90 Å². The fraction of sp³-hybridized carbons (Fsp3) is 1.00. The maximum Gasteiger partial charge on any atom is 0.0244 e. The molecule has 2 heteroatoms. The molecule has 1 aliphatic heterocycles. The molecule has 1 fully saturated rings. The van der Waals surface area contributed by atoms with E-state index < -0.39 is 0 Å². The van der Waals surface area contributed by atoms with Crippen molar-refractivity contribution in [3.8, 4) is 0 Å². The Labute approximate surface area is 82.5 Å². The maximum absolute atomic E-state index is 5.82. The summed E-state index contributed by atoms with van der Waals surface area (Å²) in [6.45, 7) is 10.2. The first kappa shape index (κ1) is 11.0. The quantitative estimate of drug-likeness (QED) is 0.723. The molecule has 13 heavy (non-hydrogen) atoms. The Morgan fingerprint density at radius 2 is 2.15 bits per heavy atom. The van der Waals surface area contributed by atoms with Crippen molar-refractivity contribution in [1.29, 1.82) is 0 Å². The van der Waals surface area contributed by atoms with Crippen LogP contribution in [0.1, 0.15) is 33.6 Å². The average Bonchev–Trinajstić information content (AvgIpc) is 2.03. The molecule has 0 amide bonds. The number of nitrogens with zero attached hydrogens (tertiary/aromatic N) is 1. The summed E-state index contributed by atoms with van der Waals surface area (Å²) in [6, 6.07) is 0.635. The lowest BCUT2D eigenvalue weighted by atomic mass is 9.90. The molecule has 1 saturated heterocycles. The first-order chi connectivity index (χ1) is 6.15. The van der Waals surface area contributed by atoms with E-state index >= 15 is 0 Å². The Morgan fingerprint density at radius 1 is 1.46 bits per heavy atom. The molecule has 1 aliphatic rings. The highest BCUT2D eigenvalue weighted by atomic mass is 15.2. The van der Waals surface area contributed by atoms with Crippen LogP contribution in [-0.4, -0.2) is 30.6 Å². The average molecular weight is 184 g/mol. The van der Waals surface area contributed by atoms with E-state index in [1.807, 2.05) is 0 Å². The van der Waals surface area contributed by atoms with Crippen LogP contribution in [-0.2, 0) is 0 Å².